The Hall–Kier alpha value is -2.56. The summed E-state index contributed by atoms with van der Waals surface area (Å²) < 4.78 is 21.0. The van der Waals surface area contributed by atoms with Crippen molar-refractivity contribution >= 4 is 11.2 Å². The van der Waals surface area contributed by atoms with Crippen molar-refractivity contribution in [2.75, 3.05) is 5.73 Å². The molecule has 19 heavy (non-hydrogen) atoms. The van der Waals surface area contributed by atoms with Gasteiger partial charge in [0.25, 0.3) is 0 Å². The number of nitrogen functional groups attached to an aromatic ring is 1. The minimum atomic E-state index is -0.403. The molecule has 1 aromatic carbocycles. The number of hydrogen-bond acceptors (Lipinski definition) is 3. The highest BCUT2D eigenvalue weighted by molar-refractivity contribution is 5.64. The molecule has 2 aromatic heterocycles. The second kappa shape index (κ2) is 4.28. The van der Waals surface area contributed by atoms with Crippen molar-refractivity contribution in [3.8, 4) is 11.5 Å². The molecule has 4 nitrogen and oxygen atoms in total. The summed E-state index contributed by atoms with van der Waals surface area (Å²) in [7, 11) is 0. The maximum atomic E-state index is 13.8. The lowest BCUT2D eigenvalue weighted by Crippen LogP contribution is -1.96. The number of rotatable bonds is 2. The largest absolute Gasteiger partial charge is 0.452 e. The van der Waals surface area contributed by atoms with Crippen molar-refractivity contribution in [1.29, 1.82) is 0 Å². The van der Waals surface area contributed by atoms with Crippen LogP contribution in [0.1, 0.15) is 5.56 Å². The van der Waals surface area contributed by atoms with Crippen molar-refractivity contribution in [2.45, 2.75) is 6.92 Å². The molecule has 0 saturated heterocycles. The number of nitrogens with zero attached hydrogens (tertiary/aromatic N) is 2. The van der Waals surface area contributed by atoms with E-state index in [2.05, 4.69) is 5.10 Å². The second-order valence-corrected chi connectivity index (χ2v) is 4.33. The molecule has 2 heterocycles. The predicted octanol–water partition coefficient (Wildman–Crippen LogP) is 3.16. The van der Waals surface area contributed by atoms with E-state index in [1.165, 1.54) is 6.07 Å². The number of ether oxygens (including phenoxy) is 1. The van der Waals surface area contributed by atoms with E-state index in [-0.39, 0.29) is 5.75 Å². The Morgan fingerprint density at radius 3 is 2.84 bits per heavy atom. The molecule has 0 aliphatic heterocycles. The third-order valence-corrected chi connectivity index (χ3v) is 2.80. The van der Waals surface area contributed by atoms with Gasteiger partial charge in [0.2, 0.25) is 0 Å². The molecule has 0 aliphatic rings. The Labute approximate surface area is 109 Å². The molecule has 3 rings (SSSR count). The Bertz CT molecular complexity index is 752. The summed E-state index contributed by atoms with van der Waals surface area (Å²) in [5.41, 5.74) is 7.83. The van der Waals surface area contributed by atoms with Crippen molar-refractivity contribution < 1.29 is 9.13 Å². The number of fused-ring (bicyclic) bond motifs is 1. The minimum Gasteiger partial charge on any atom is -0.452 e. The third kappa shape index (κ3) is 2.10. The first-order valence-electron chi connectivity index (χ1n) is 5.80. The highest BCUT2D eigenvalue weighted by atomic mass is 19.1. The summed E-state index contributed by atoms with van der Waals surface area (Å²) in [6.45, 7) is 1.82. The van der Waals surface area contributed by atoms with Crippen molar-refractivity contribution in [3.63, 3.8) is 0 Å². The average molecular weight is 257 g/mol. The lowest BCUT2D eigenvalue weighted by molar-refractivity contribution is 0.444. The molecular formula is C14H12FN3O. The maximum absolute atomic E-state index is 13.8. The van der Waals surface area contributed by atoms with Crippen molar-refractivity contribution in [3.05, 3.63) is 54.1 Å². The molecule has 0 radical (unpaired) electrons. The molecule has 0 fully saturated rings. The van der Waals surface area contributed by atoms with E-state index >= 15 is 0 Å². The fraction of sp³-hybridized carbons (Fsp3) is 0.0714. The molecule has 0 aliphatic carbocycles. The van der Waals surface area contributed by atoms with E-state index in [0.717, 1.165) is 11.1 Å². The van der Waals surface area contributed by atoms with Crippen LogP contribution in [0, 0.1) is 12.7 Å². The van der Waals surface area contributed by atoms with Gasteiger partial charge < -0.3 is 10.5 Å². The zero-order valence-corrected chi connectivity index (χ0v) is 10.3. The summed E-state index contributed by atoms with van der Waals surface area (Å²) in [5.74, 6) is 0.236. The zero-order valence-electron chi connectivity index (χ0n) is 10.3. The summed E-state index contributed by atoms with van der Waals surface area (Å²) in [5, 5.41) is 4.08. The molecule has 0 spiro atoms. The van der Waals surface area contributed by atoms with Crippen LogP contribution in [-0.4, -0.2) is 9.61 Å². The molecule has 0 saturated carbocycles. The fourth-order valence-corrected chi connectivity index (χ4v) is 1.90. The Morgan fingerprint density at radius 1 is 1.21 bits per heavy atom. The molecule has 0 unspecified atom stereocenters. The molecule has 0 bridgehead atoms. The number of hydrogen-bond donors (Lipinski definition) is 1. The molecule has 0 amide bonds. The summed E-state index contributed by atoms with van der Waals surface area (Å²) >= 11 is 0. The third-order valence-electron chi connectivity index (χ3n) is 2.80. The topological polar surface area (TPSA) is 52.5 Å². The number of nitrogens with two attached hydrogens (primary N) is 1. The summed E-state index contributed by atoms with van der Waals surface area (Å²) in [6.07, 6.45) is 3.31. The number of aryl methyl sites for hydroxylation is 1. The van der Waals surface area contributed by atoms with Crippen molar-refractivity contribution in [1.82, 2.24) is 9.61 Å². The van der Waals surface area contributed by atoms with Gasteiger partial charge in [0, 0.05) is 6.07 Å². The van der Waals surface area contributed by atoms with Crippen LogP contribution in [0.3, 0.4) is 0 Å². The van der Waals surface area contributed by atoms with Crippen LogP contribution in [0.25, 0.3) is 5.52 Å². The number of anilines is 1. The standard InChI is InChI=1S/C14H12FN3O/c1-9-2-3-13(11(15)6-9)19-14-7-10(16)8-18-12(14)4-5-17-18/h2-8H,16H2,1H3. The van der Waals surface area contributed by atoms with Gasteiger partial charge in [-0.15, -0.1) is 0 Å². The quantitative estimate of drug-likeness (QED) is 0.767. The molecule has 96 valence electrons. The Balaban J connectivity index is 2.07. The van der Waals surface area contributed by atoms with Gasteiger partial charge in [-0.25, -0.2) is 8.91 Å². The van der Waals surface area contributed by atoms with Gasteiger partial charge in [-0.05, 0) is 30.7 Å². The highest BCUT2D eigenvalue weighted by Crippen LogP contribution is 2.30. The highest BCUT2D eigenvalue weighted by Gasteiger charge is 2.09. The first-order chi connectivity index (χ1) is 9.13. The fourth-order valence-electron chi connectivity index (χ4n) is 1.90. The number of aromatic nitrogens is 2. The van der Waals surface area contributed by atoms with E-state index in [1.807, 2.05) is 6.92 Å². The van der Waals surface area contributed by atoms with Crippen LogP contribution in [-0.2, 0) is 0 Å². The normalized spacial score (nSPS) is 10.8. The van der Waals surface area contributed by atoms with Crippen LogP contribution < -0.4 is 10.5 Å². The van der Waals surface area contributed by atoms with Crippen LogP contribution in [0.2, 0.25) is 0 Å². The first kappa shape index (κ1) is 11.5. The van der Waals surface area contributed by atoms with Crippen LogP contribution >= 0.6 is 0 Å². The molecule has 0 atom stereocenters. The summed E-state index contributed by atoms with van der Waals surface area (Å²) in [6, 6.07) is 8.24. The van der Waals surface area contributed by atoms with E-state index in [1.54, 1.807) is 41.2 Å². The van der Waals surface area contributed by atoms with E-state index in [9.17, 15) is 4.39 Å². The van der Waals surface area contributed by atoms with E-state index < -0.39 is 5.82 Å². The van der Waals surface area contributed by atoms with E-state index in [4.69, 9.17) is 10.5 Å². The SMILES string of the molecule is Cc1ccc(Oc2cc(N)cn3nccc23)c(F)c1. The monoisotopic (exact) mass is 257 g/mol. The Kier molecular flexibility index (Phi) is 2.59. The van der Waals surface area contributed by atoms with Crippen molar-refractivity contribution in [2.24, 2.45) is 0 Å². The lowest BCUT2D eigenvalue weighted by Gasteiger charge is -2.09. The van der Waals surface area contributed by atoms with Gasteiger partial charge in [0.1, 0.15) is 5.52 Å². The van der Waals surface area contributed by atoms with Crippen LogP contribution in [0.5, 0.6) is 11.5 Å². The average Bonchev–Trinajstić information content (AvgIpc) is 2.80. The molecule has 3 aromatic rings. The first-order valence-corrected chi connectivity index (χ1v) is 5.80. The zero-order chi connectivity index (χ0) is 13.4. The van der Waals surface area contributed by atoms with Gasteiger partial charge in [-0.2, -0.15) is 5.10 Å². The maximum Gasteiger partial charge on any atom is 0.165 e. The number of halogens is 1. The van der Waals surface area contributed by atoms with Gasteiger partial charge >= 0.3 is 0 Å². The van der Waals surface area contributed by atoms with Gasteiger partial charge in [0.05, 0.1) is 18.1 Å². The molecular weight excluding hydrogens is 245 g/mol. The van der Waals surface area contributed by atoms with Gasteiger partial charge in [-0.3, -0.25) is 0 Å². The number of pyridine rings is 1. The Morgan fingerprint density at radius 2 is 2.05 bits per heavy atom. The smallest absolute Gasteiger partial charge is 0.165 e. The number of benzene rings is 1. The van der Waals surface area contributed by atoms with Crippen LogP contribution in [0.15, 0.2) is 42.7 Å². The van der Waals surface area contributed by atoms with E-state index in [0.29, 0.717) is 11.4 Å². The lowest BCUT2D eigenvalue weighted by atomic mass is 10.2. The summed E-state index contributed by atoms with van der Waals surface area (Å²) in [4.78, 5) is 0. The van der Waals surface area contributed by atoms with Crippen LogP contribution in [0.4, 0.5) is 10.1 Å². The molecule has 2 N–H and O–H groups in total. The minimum absolute atomic E-state index is 0.166. The van der Waals surface area contributed by atoms with Gasteiger partial charge in [-0.1, -0.05) is 6.07 Å². The second-order valence-electron chi connectivity index (χ2n) is 4.33. The van der Waals surface area contributed by atoms with Gasteiger partial charge in [0.15, 0.2) is 17.3 Å². The predicted molar refractivity (Wildman–Crippen MR) is 70.8 cm³/mol. The molecule has 5 heteroatoms.